The molecule has 3 heterocycles. The summed E-state index contributed by atoms with van der Waals surface area (Å²) in [5.41, 5.74) is 2.11. The highest BCUT2D eigenvalue weighted by molar-refractivity contribution is 5.56. The van der Waals surface area contributed by atoms with Gasteiger partial charge in [0.1, 0.15) is 6.10 Å². The van der Waals surface area contributed by atoms with Gasteiger partial charge in [0, 0.05) is 19.0 Å². The molecule has 24 heavy (non-hydrogen) atoms. The molecule has 124 valence electrons. The van der Waals surface area contributed by atoms with Gasteiger partial charge in [-0.2, -0.15) is 9.97 Å². The fourth-order valence-corrected chi connectivity index (χ4v) is 2.59. The maximum atomic E-state index is 5.72. The highest BCUT2D eigenvalue weighted by atomic mass is 16.5. The number of hydrogen-bond acceptors (Lipinski definition) is 8. The van der Waals surface area contributed by atoms with Crippen molar-refractivity contribution in [2.75, 3.05) is 24.6 Å². The molecule has 8 heteroatoms. The van der Waals surface area contributed by atoms with Crippen LogP contribution in [0.25, 0.3) is 11.4 Å². The van der Waals surface area contributed by atoms with Crippen molar-refractivity contribution in [2.24, 2.45) is 0 Å². The smallest absolute Gasteiger partial charge is 0.324 e. The molecule has 4 rings (SSSR count). The Bertz CT molecular complexity index is 826. The molecular weight excluding hydrogens is 310 g/mol. The van der Waals surface area contributed by atoms with Crippen molar-refractivity contribution in [3.63, 3.8) is 0 Å². The van der Waals surface area contributed by atoms with Crippen LogP contribution in [-0.2, 0) is 4.74 Å². The minimum atomic E-state index is -0.272. The van der Waals surface area contributed by atoms with Crippen molar-refractivity contribution in [2.45, 2.75) is 20.0 Å². The van der Waals surface area contributed by atoms with Crippen LogP contribution in [0.2, 0.25) is 0 Å². The molecule has 0 amide bonds. The summed E-state index contributed by atoms with van der Waals surface area (Å²) in [6.07, 6.45) is -0.272. The summed E-state index contributed by atoms with van der Waals surface area (Å²) in [6, 6.07) is 8.48. The van der Waals surface area contributed by atoms with E-state index in [9.17, 15) is 0 Å². The zero-order valence-corrected chi connectivity index (χ0v) is 13.5. The fraction of sp³-hybridized carbons (Fsp3) is 0.375. The molecule has 8 nitrogen and oxygen atoms in total. The van der Waals surface area contributed by atoms with E-state index in [1.54, 1.807) is 6.92 Å². The fourth-order valence-electron chi connectivity index (χ4n) is 2.59. The zero-order chi connectivity index (χ0) is 16.5. The number of nitrogens with zero attached hydrogens (tertiary/aromatic N) is 5. The lowest BCUT2D eigenvalue weighted by molar-refractivity contribution is 0.0306. The Labute approximate surface area is 138 Å². The van der Waals surface area contributed by atoms with E-state index in [1.165, 1.54) is 5.56 Å². The number of benzene rings is 1. The van der Waals surface area contributed by atoms with Crippen molar-refractivity contribution in [1.29, 1.82) is 0 Å². The number of anilines is 1. The summed E-state index contributed by atoms with van der Waals surface area (Å²) in [4.78, 5) is 10.7. The Balaban J connectivity index is 1.52. The van der Waals surface area contributed by atoms with Crippen LogP contribution in [0.4, 0.5) is 6.01 Å². The van der Waals surface area contributed by atoms with E-state index in [0.29, 0.717) is 43.3 Å². The number of morpholine rings is 1. The van der Waals surface area contributed by atoms with Crippen LogP contribution >= 0.6 is 0 Å². The lowest BCUT2D eigenvalue weighted by Gasteiger charge is -2.29. The highest BCUT2D eigenvalue weighted by Crippen LogP contribution is 2.25. The van der Waals surface area contributed by atoms with Crippen LogP contribution in [0.1, 0.15) is 23.4 Å². The molecule has 0 N–H and O–H groups in total. The molecule has 1 aromatic carbocycles. The summed E-state index contributed by atoms with van der Waals surface area (Å²) < 4.78 is 16.2. The summed E-state index contributed by atoms with van der Waals surface area (Å²) in [6.45, 7) is 5.53. The van der Waals surface area contributed by atoms with Gasteiger partial charge in [-0.15, -0.1) is 0 Å². The van der Waals surface area contributed by atoms with Gasteiger partial charge in [-0.05, 0) is 6.92 Å². The van der Waals surface area contributed by atoms with Crippen molar-refractivity contribution >= 4 is 6.01 Å². The second-order valence-corrected chi connectivity index (χ2v) is 5.74. The molecule has 1 unspecified atom stereocenters. The van der Waals surface area contributed by atoms with Crippen LogP contribution in [0.3, 0.4) is 0 Å². The van der Waals surface area contributed by atoms with Gasteiger partial charge in [-0.3, -0.25) is 0 Å². The van der Waals surface area contributed by atoms with Crippen molar-refractivity contribution in [3.8, 4) is 11.4 Å². The first-order valence-corrected chi connectivity index (χ1v) is 7.76. The number of ether oxygens (including phenoxy) is 1. The van der Waals surface area contributed by atoms with Crippen molar-refractivity contribution in [3.05, 3.63) is 41.5 Å². The molecule has 1 aliphatic heterocycles. The van der Waals surface area contributed by atoms with Gasteiger partial charge in [-0.25, -0.2) is 0 Å². The van der Waals surface area contributed by atoms with Crippen LogP contribution < -0.4 is 4.90 Å². The van der Waals surface area contributed by atoms with E-state index < -0.39 is 0 Å². The van der Waals surface area contributed by atoms with Crippen molar-refractivity contribution < 1.29 is 13.8 Å². The summed E-state index contributed by atoms with van der Waals surface area (Å²) in [5.74, 6) is 1.63. The van der Waals surface area contributed by atoms with E-state index in [-0.39, 0.29) is 6.10 Å². The zero-order valence-electron chi connectivity index (χ0n) is 13.5. The van der Waals surface area contributed by atoms with Crippen LogP contribution in [0.15, 0.2) is 33.3 Å². The Morgan fingerprint density at radius 2 is 1.88 bits per heavy atom. The molecular formula is C16H17N5O3. The van der Waals surface area contributed by atoms with E-state index in [0.717, 1.165) is 5.56 Å². The molecule has 1 atom stereocenters. The second-order valence-electron chi connectivity index (χ2n) is 5.74. The van der Waals surface area contributed by atoms with E-state index in [2.05, 4.69) is 20.3 Å². The molecule has 0 spiro atoms. The standard InChI is InChI=1S/C16H17N5O3/c1-10-3-5-12(6-4-10)14-18-16(24-19-14)21-7-8-22-13(9-21)15-17-11(2)23-20-15/h3-6,13H,7-9H2,1-2H3. The number of aromatic nitrogens is 4. The molecule has 0 saturated carbocycles. The van der Waals surface area contributed by atoms with Gasteiger partial charge in [0.2, 0.25) is 17.5 Å². The minimum absolute atomic E-state index is 0.272. The number of aryl methyl sites for hydroxylation is 2. The van der Waals surface area contributed by atoms with Crippen molar-refractivity contribution in [1.82, 2.24) is 20.3 Å². The Hall–Kier alpha value is -2.74. The first-order chi connectivity index (χ1) is 11.7. The molecule has 0 bridgehead atoms. The maximum absolute atomic E-state index is 5.72. The third-order valence-corrected chi connectivity index (χ3v) is 3.89. The van der Waals surface area contributed by atoms with Gasteiger partial charge in [-0.1, -0.05) is 40.1 Å². The first kappa shape index (κ1) is 14.8. The summed E-state index contributed by atoms with van der Waals surface area (Å²) >= 11 is 0. The molecule has 3 aromatic rings. The highest BCUT2D eigenvalue weighted by Gasteiger charge is 2.28. The number of hydrogen-bond donors (Lipinski definition) is 0. The minimum Gasteiger partial charge on any atom is -0.366 e. The second kappa shape index (κ2) is 6.04. The Kier molecular flexibility index (Phi) is 3.73. The van der Waals surface area contributed by atoms with Gasteiger partial charge in [0.05, 0.1) is 13.2 Å². The van der Waals surface area contributed by atoms with Crippen LogP contribution in [0, 0.1) is 13.8 Å². The Morgan fingerprint density at radius 3 is 2.62 bits per heavy atom. The SMILES string of the molecule is Cc1ccc(-c2noc(N3CCOC(c4noc(C)n4)C3)n2)cc1. The quantitative estimate of drug-likeness (QED) is 0.724. The van der Waals surface area contributed by atoms with Gasteiger partial charge in [0.25, 0.3) is 0 Å². The lowest BCUT2D eigenvalue weighted by Crippen LogP contribution is -2.39. The average molecular weight is 327 g/mol. The van der Waals surface area contributed by atoms with Crippen LogP contribution in [-0.4, -0.2) is 40.0 Å². The van der Waals surface area contributed by atoms with Crippen LogP contribution in [0.5, 0.6) is 0 Å². The molecule has 1 aliphatic rings. The number of rotatable bonds is 3. The third-order valence-electron chi connectivity index (χ3n) is 3.89. The monoisotopic (exact) mass is 327 g/mol. The van der Waals surface area contributed by atoms with E-state index >= 15 is 0 Å². The molecule has 2 aromatic heterocycles. The topological polar surface area (TPSA) is 90.3 Å². The van der Waals surface area contributed by atoms with Gasteiger partial charge < -0.3 is 18.7 Å². The largest absolute Gasteiger partial charge is 0.366 e. The van der Waals surface area contributed by atoms with E-state index in [1.807, 2.05) is 36.1 Å². The van der Waals surface area contributed by atoms with E-state index in [4.69, 9.17) is 13.8 Å². The normalized spacial score (nSPS) is 18.1. The summed E-state index contributed by atoms with van der Waals surface area (Å²) in [7, 11) is 0. The molecule has 1 fully saturated rings. The Morgan fingerprint density at radius 1 is 1.04 bits per heavy atom. The van der Waals surface area contributed by atoms with Gasteiger partial charge >= 0.3 is 6.01 Å². The summed E-state index contributed by atoms with van der Waals surface area (Å²) in [5, 5.41) is 8.00. The lowest BCUT2D eigenvalue weighted by atomic mass is 10.1. The maximum Gasteiger partial charge on any atom is 0.324 e. The molecule has 0 radical (unpaired) electrons. The first-order valence-electron chi connectivity index (χ1n) is 7.76. The predicted molar refractivity (Wildman–Crippen MR) is 84.4 cm³/mol. The molecule has 1 saturated heterocycles. The van der Waals surface area contributed by atoms with Gasteiger partial charge in [0.15, 0.2) is 0 Å². The molecule has 0 aliphatic carbocycles. The third kappa shape index (κ3) is 2.88. The average Bonchev–Trinajstić information content (AvgIpc) is 3.25. The predicted octanol–water partition coefficient (Wildman–Crippen LogP) is 2.31.